The quantitative estimate of drug-likeness (QED) is 0.492. The molecule has 2 aromatic rings. The Labute approximate surface area is 132 Å². The number of nitrogens with zero attached hydrogens (tertiary/aromatic N) is 2. The minimum absolute atomic E-state index is 0.0437. The second kappa shape index (κ2) is 5.50. The fourth-order valence-corrected chi connectivity index (χ4v) is 3.68. The molecular weight excluding hydrogens is 300 g/mol. The molecule has 0 spiro atoms. The summed E-state index contributed by atoms with van der Waals surface area (Å²) < 4.78 is 2.65. The maximum atomic E-state index is 12.3. The van der Waals surface area contributed by atoms with E-state index in [2.05, 4.69) is 23.3 Å². The number of carbonyl (C=O) groups excluding carboxylic acids is 1. The summed E-state index contributed by atoms with van der Waals surface area (Å²) in [4.78, 5) is 14.6. The maximum Gasteiger partial charge on any atom is 0.266 e. The van der Waals surface area contributed by atoms with Gasteiger partial charge in [-0.25, -0.2) is 0 Å². The largest absolute Gasteiger partial charge is 0.350 e. The molecule has 1 fully saturated rings. The topological polar surface area (TPSA) is 25.2 Å². The van der Waals surface area contributed by atoms with Crippen LogP contribution in [0.4, 0.5) is 0 Å². The summed E-state index contributed by atoms with van der Waals surface area (Å²) in [6, 6.07) is 8.14. The van der Waals surface area contributed by atoms with E-state index in [1.54, 1.807) is 11.0 Å². The van der Waals surface area contributed by atoms with Crippen molar-refractivity contribution in [1.82, 2.24) is 9.47 Å². The average molecular weight is 314 g/mol. The molecule has 1 aliphatic heterocycles. The van der Waals surface area contributed by atoms with Gasteiger partial charge in [0.25, 0.3) is 5.91 Å². The SMILES string of the molecule is C=CCN1C(=O)C(=Cc2cn(C)c3ccccc23)SC1=S. The van der Waals surface area contributed by atoms with Gasteiger partial charge in [-0.2, -0.15) is 0 Å². The number of carbonyl (C=O) groups is 1. The number of benzene rings is 1. The van der Waals surface area contributed by atoms with Crippen LogP contribution in [0.25, 0.3) is 17.0 Å². The van der Waals surface area contributed by atoms with E-state index in [1.165, 1.54) is 11.8 Å². The minimum Gasteiger partial charge on any atom is -0.350 e. The molecule has 0 N–H and O–H groups in total. The monoisotopic (exact) mass is 314 g/mol. The van der Waals surface area contributed by atoms with Crippen LogP contribution in [-0.4, -0.2) is 26.2 Å². The van der Waals surface area contributed by atoms with Gasteiger partial charge in [0.1, 0.15) is 4.32 Å². The third-order valence-electron chi connectivity index (χ3n) is 3.40. The molecule has 1 aromatic heterocycles. The van der Waals surface area contributed by atoms with Gasteiger partial charge < -0.3 is 4.57 Å². The van der Waals surface area contributed by atoms with E-state index in [0.29, 0.717) is 15.8 Å². The molecule has 0 radical (unpaired) electrons. The summed E-state index contributed by atoms with van der Waals surface area (Å²) in [6.45, 7) is 4.12. The summed E-state index contributed by atoms with van der Waals surface area (Å²) >= 11 is 6.60. The number of aryl methyl sites for hydroxylation is 1. The van der Waals surface area contributed by atoms with E-state index in [9.17, 15) is 4.79 Å². The minimum atomic E-state index is -0.0437. The highest BCUT2D eigenvalue weighted by Crippen LogP contribution is 2.34. The lowest BCUT2D eigenvalue weighted by Gasteiger charge is -2.10. The van der Waals surface area contributed by atoms with E-state index < -0.39 is 0 Å². The predicted octanol–water partition coefficient (Wildman–Crippen LogP) is 3.57. The number of aromatic nitrogens is 1. The lowest BCUT2D eigenvalue weighted by atomic mass is 10.1. The summed E-state index contributed by atoms with van der Waals surface area (Å²) in [5.41, 5.74) is 2.18. The number of thiocarbonyl (C=S) groups is 1. The number of thioether (sulfide) groups is 1. The van der Waals surface area contributed by atoms with Crippen LogP contribution < -0.4 is 0 Å². The average Bonchev–Trinajstić information content (AvgIpc) is 2.93. The van der Waals surface area contributed by atoms with E-state index in [0.717, 1.165) is 16.5 Å². The van der Waals surface area contributed by atoms with Gasteiger partial charge in [-0.1, -0.05) is 48.3 Å². The lowest BCUT2D eigenvalue weighted by Crippen LogP contribution is -2.27. The zero-order valence-corrected chi connectivity index (χ0v) is 13.2. The van der Waals surface area contributed by atoms with Crippen LogP contribution in [-0.2, 0) is 11.8 Å². The van der Waals surface area contributed by atoms with Crippen LogP contribution in [0.5, 0.6) is 0 Å². The first-order chi connectivity index (χ1) is 10.1. The van der Waals surface area contributed by atoms with Gasteiger partial charge in [-0.05, 0) is 12.1 Å². The Morgan fingerprint density at radius 2 is 2.14 bits per heavy atom. The van der Waals surface area contributed by atoms with Crippen LogP contribution in [0, 0.1) is 0 Å². The molecule has 3 nitrogen and oxygen atoms in total. The number of fused-ring (bicyclic) bond motifs is 1. The molecule has 5 heteroatoms. The second-order valence-electron chi connectivity index (χ2n) is 4.79. The zero-order chi connectivity index (χ0) is 15.0. The molecular formula is C16H14N2OS2. The normalized spacial score (nSPS) is 17.2. The molecule has 2 heterocycles. The van der Waals surface area contributed by atoms with Crippen molar-refractivity contribution in [2.75, 3.05) is 6.54 Å². The molecule has 0 saturated carbocycles. The highest BCUT2D eigenvalue weighted by Gasteiger charge is 2.31. The summed E-state index contributed by atoms with van der Waals surface area (Å²) in [5, 5.41) is 1.13. The number of amides is 1. The van der Waals surface area contributed by atoms with Crippen molar-refractivity contribution in [3.63, 3.8) is 0 Å². The maximum absolute atomic E-state index is 12.3. The van der Waals surface area contributed by atoms with E-state index in [1.807, 2.05) is 31.5 Å². The van der Waals surface area contributed by atoms with Gasteiger partial charge in [0.05, 0.1) is 4.91 Å². The van der Waals surface area contributed by atoms with Gasteiger partial charge in [0.2, 0.25) is 0 Å². The molecule has 1 aromatic carbocycles. The zero-order valence-electron chi connectivity index (χ0n) is 11.6. The Kier molecular flexibility index (Phi) is 3.69. The molecule has 21 heavy (non-hydrogen) atoms. The third-order valence-corrected chi connectivity index (χ3v) is 4.78. The number of hydrogen-bond donors (Lipinski definition) is 0. The highest BCUT2D eigenvalue weighted by atomic mass is 32.2. The Bertz CT molecular complexity index is 789. The van der Waals surface area contributed by atoms with E-state index in [-0.39, 0.29) is 5.91 Å². The first-order valence-electron chi connectivity index (χ1n) is 6.52. The van der Waals surface area contributed by atoms with Crippen LogP contribution in [0.2, 0.25) is 0 Å². The fourth-order valence-electron chi connectivity index (χ4n) is 2.42. The van der Waals surface area contributed by atoms with Crippen molar-refractivity contribution >= 4 is 51.2 Å². The summed E-state index contributed by atoms with van der Waals surface area (Å²) in [5.74, 6) is -0.0437. The predicted molar refractivity (Wildman–Crippen MR) is 93.0 cm³/mol. The van der Waals surface area contributed by atoms with Gasteiger partial charge in [0.15, 0.2) is 0 Å². The van der Waals surface area contributed by atoms with Gasteiger partial charge >= 0.3 is 0 Å². The molecule has 3 rings (SSSR count). The van der Waals surface area contributed by atoms with Gasteiger partial charge in [-0.3, -0.25) is 9.69 Å². The second-order valence-corrected chi connectivity index (χ2v) is 6.47. The molecule has 0 unspecified atom stereocenters. The summed E-state index contributed by atoms with van der Waals surface area (Å²) in [7, 11) is 2.00. The van der Waals surface area contributed by atoms with Crippen LogP contribution >= 0.6 is 24.0 Å². The van der Waals surface area contributed by atoms with E-state index >= 15 is 0 Å². The van der Waals surface area contributed by atoms with Crippen molar-refractivity contribution in [3.8, 4) is 0 Å². The van der Waals surface area contributed by atoms with Crippen molar-refractivity contribution in [1.29, 1.82) is 0 Å². The Morgan fingerprint density at radius 1 is 1.38 bits per heavy atom. The standard InChI is InChI=1S/C16H14N2OS2/c1-3-8-18-15(19)14(21-16(18)20)9-11-10-17(2)13-7-5-4-6-12(11)13/h3-7,9-10H,1,8H2,2H3. The fraction of sp³-hybridized carbons (Fsp3) is 0.125. The molecule has 0 aliphatic carbocycles. The molecule has 106 valence electrons. The Morgan fingerprint density at radius 3 is 2.90 bits per heavy atom. The smallest absolute Gasteiger partial charge is 0.266 e. The summed E-state index contributed by atoms with van der Waals surface area (Å²) in [6.07, 6.45) is 5.64. The molecule has 0 atom stereocenters. The number of para-hydroxylation sites is 1. The molecule has 1 aliphatic rings. The highest BCUT2D eigenvalue weighted by molar-refractivity contribution is 8.26. The third kappa shape index (κ3) is 2.43. The Hall–Kier alpha value is -1.85. The van der Waals surface area contributed by atoms with Crippen LogP contribution in [0.1, 0.15) is 5.56 Å². The van der Waals surface area contributed by atoms with Crippen molar-refractivity contribution in [2.45, 2.75) is 0 Å². The van der Waals surface area contributed by atoms with Crippen molar-refractivity contribution in [3.05, 3.63) is 53.6 Å². The van der Waals surface area contributed by atoms with Crippen LogP contribution in [0.3, 0.4) is 0 Å². The van der Waals surface area contributed by atoms with Crippen molar-refractivity contribution in [2.24, 2.45) is 7.05 Å². The number of hydrogen-bond acceptors (Lipinski definition) is 3. The molecule has 1 amide bonds. The van der Waals surface area contributed by atoms with Gasteiger partial charge in [0, 0.05) is 36.3 Å². The van der Waals surface area contributed by atoms with Gasteiger partial charge in [-0.15, -0.1) is 6.58 Å². The first-order valence-corrected chi connectivity index (χ1v) is 7.74. The number of rotatable bonds is 3. The van der Waals surface area contributed by atoms with Crippen molar-refractivity contribution < 1.29 is 4.79 Å². The molecule has 1 saturated heterocycles. The first kappa shape index (κ1) is 14.1. The lowest BCUT2D eigenvalue weighted by molar-refractivity contribution is -0.121. The Balaban J connectivity index is 2.03. The molecule has 0 bridgehead atoms. The van der Waals surface area contributed by atoms with E-state index in [4.69, 9.17) is 12.2 Å². The van der Waals surface area contributed by atoms with Crippen LogP contribution in [0.15, 0.2) is 48.0 Å².